The van der Waals surface area contributed by atoms with Crippen LogP contribution in [-0.2, 0) is 18.3 Å². The third-order valence-corrected chi connectivity index (χ3v) is 6.26. The van der Waals surface area contributed by atoms with Gasteiger partial charge >= 0.3 is 0 Å². The number of nitrogens with zero attached hydrogens (tertiary/aromatic N) is 2. The Kier molecular flexibility index (Phi) is 6.19. The molecule has 0 saturated carbocycles. The summed E-state index contributed by atoms with van der Waals surface area (Å²) in [5.41, 5.74) is 4.81. The van der Waals surface area contributed by atoms with Crippen LogP contribution in [0.3, 0.4) is 0 Å². The number of hydrogen-bond donors (Lipinski definition) is 0. The van der Waals surface area contributed by atoms with Gasteiger partial charge in [-0.1, -0.05) is 46.3 Å². The summed E-state index contributed by atoms with van der Waals surface area (Å²) in [7, 11) is 2.18. The standard InChI is InChI=1S/C22H22Br2N2O2/c1-26(13-15-6-3-2-4-7-15)9-5-8-16-17-10-20-21(28-14-27-20)11-19(17)25-22(24)18(16)12-23/h2-4,6-7,10-11H,5,8-9,12-14H2,1H3. The van der Waals surface area contributed by atoms with E-state index in [0.717, 1.165) is 58.3 Å². The summed E-state index contributed by atoms with van der Waals surface area (Å²) < 4.78 is 12.0. The number of aromatic nitrogens is 1. The lowest BCUT2D eigenvalue weighted by Crippen LogP contribution is -2.19. The highest BCUT2D eigenvalue weighted by Crippen LogP contribution is 2.39. The maximum absolute atomic E-state index is 5.59. The molecular formula is C22H22Br2N2O2. The topological polar surface area (TPSA) is 34.6 Å². The summed E-state index contributed by atoms with van der Waals surface area (Å²) in [6.07, 6.45) is 2.06. The Balaban J connectivity index is 1.53. The Morgan fingerprint density at radius 2 is 1.82 bits per heavy atom. The van der Waals surface area contributed by atoms with Crippen molar-refractivity contribution in [1.82, 2.24) is 9.88 Å². The van der Waals surface area contributed by atoms with Crippen LogP contribution in [0.5, 0.6) is 11.5 Å². The molecule has 1 aromatic heterocycles. The summed E-state index contributed by atoms with van der Waals surface area (Å²) in [6.45, 7) is 2.27. The second-order valence-electron chi connectivity index (χ2n) is 7.04. The minimum Gasteiger partial charge on any atom is -0.454 e. The van der Waals surface area contributed by atoms with Gasteiger partial charge < -0.3 is 14.4 Å². The van der Waals surface area contributed by atoms with Crippen LogP contribution in [-0.4, -0.2) is 30.3 Å². The molecule has 6 heteroatoms. The van der Waals surface area contributed by atoms with Crippen molar-refractivity contribution in [3.05, 3.63) is 63.8 Å². The Bertz CT molecular complexity index is 979. The van der Waals surface area contributed by atoms with Gasteiger partial charge in [0.2, 0.25) is 6.79 Å². The molecule has 1 aliphatic heterocycles. The normalized spacial score (nSPS) is 12.9. The van der Waals surface area contributed by atoms with Gasteiger partial charge in [-0.2, -0.15) is 0 Å². The van der Waals surface area contributed by atoms with E-state index in [4.69, 9.17) is 14.5 Å². The van der Waals surface area contributed by atoms with Gasteiger partial charge in [-0.15, -0.1) is 0 Å². The zero-order valence-electron chi connectivity index (χ0n) is 15.8. The van der Waals surface area contributed by atoms with Gasteiger partial charge in [0.05, 0.1) is 5.52 Å². The van der Waals surface area contributed by atoms with E-state index in [9.17, 15) is 0 Å². The van der Waals surface area contributed by atoms with Gasteiger partial charge in [-0.3, -0.25) is 0 Å². The molecule has 146 valence electrons. The zero-order valence-corrected chi connectivity index (χ0v) is 18.9. The quantitative estimate of drug-likeness (QED) is 0.305. The van der Waals surface area contributed by atoms with E-state index in [2.05, 4.69) is 80.2 Å². The van der Waals surface area contributed by atoms with Crippen molar-refractivity contribution in [1.29, 1.82) is 0 Å². The molecule has 0 fully saturated rings. The number of fused-ring (bicyclic) bond motifs is 2. The van der Waals surface area contributed by atoms with Gasteiger partial charge in [0.15, 0.2) is 11.5 Å². The van der Waals surface area contributed by atoms with Gasteiger partial charge in [0.1, 0.15) is 4.60 Å². The minimum atomic E-state index is 0.276. The predicted molar refractivity (Wildman–Crippen MR) is 119 cm³/mol. The number of halogens is 2. The zero-order chi connectivity index (χ0) is 19.5. The van der Waals surface area contributed by atoms with Crippen molar-refractivity contribution >= 4 is 42.8 Å². The van der Waals surface area contributed by atoms with E-state index < -0.39 is 0 Å². The highest BCUT2D eigenvalue weighted by molar-refractivity contribution is 9.10. The number of ether oxygens (including phenoxy) is 2. The lowest BCUT2D eigenvalue weighted by atomic mass is 9.99. The molecule has 4 nitrogen and oxygen atoms in total. The number of alkyl halides is 1. The van der Waals surface area contributed by atoms with E-state index in [0.29, 0.717) is 0 Å². The van der Waals surface area contributed by atoms with Crippen molar-refractivity contribution in [3.63, 3.8) is 0 Å². The van der Waals surface area contributed by atoms with Crippen molar-refractivity contribution in [2.24, 2.45) is 0 Å². The Hall–Kier alpha value is -1.63. The molecule has 3 aromatic rings. The number of benzene rings is 2. The van der Waals surface area contributed by atoms with Crippen LogP contribution in [0.15, 0.2) is 47.1 Å². The summed E-state index contributed by atoms with van der Waals surface area (Å²) >= 11 is 7.29. The monoisotopic (exact) mass is 504 g/mol. The minimum absolute atomic E-state index is 0.276. The van der Waals surface area contributed by atoms with Crippen LogP contribution < -0.4 is 9.47 Å². The molecule has 0 saturated heterocycles. The predicted octanol–water partition coefficient (Wildman–Crippen LogP) is 5.69. The molecule has 2 aromatic carbocycles. The van der Waals surface area contributed by atoms with Crippen molar-refractivity contribution in [2.45, 2.75) is 24.7 Å². The van der Waals surface area contributed by atoms with Crippen LogP contribution >= 0.6 is 31.9 Å². The first kappa shape index (κ1) is 19.7. The Labute approximate surface area is 182 Å². The van der Waals surface area contributed by atoms with Crippen LogP contribution in [0.1, 0.15) is 23.1 Å². The molecule has 0 amide bonds. The molecule has 0 unspecified atom stereocenters. The van der Waals surface area contributed by atoms with E-state index in [1.54, 1.807) is 0 Å². The second-order valence-corrected chi connectivity index (χ2v) is 8.35. The molecule has 0 bridgehead atoms. The van der Waals surface area contributed by atoms with Gasteiger partial charge in [-0.05, 0) is 65.1 Å². The van der Waals surface area contributed by atoms with Gasteiger partial charge in [0, 0.05) is 23.3 Å². The molecule has 1 aliphatic rings. The first-order valence-electron chi connectivity index (χ1n) is 9.34. The first-order valence-corrected chi connectivity index (χ1v) is 11.3. The first-order chi connectivity index (χ1) is 13.7. The molecule has 0 aliphatic carbocycles. The Morgan fingerprint density at radius 3 is 2.57 bits per heavy atom. The van der Waals surface area contributed by atoms with Crippen LogP contribution in [0.25, 0.3) is 10.9 Å². The van der Waals surface area contributed by atoms with E-state index in [1.807, 2.05) is 6.07 Å². The molecule has 0 atom stereocenters. The smallest absolute Gasteiger partial charge is 0.231 e. The average Bonchev–Trinajstić information content (AvgIpc) is 3.14. The molecule has 0 radical (unpaired) electrons. The number of rotatable bonds is 7. The van der Waals surface area contributed by atoms with Crippen LogP contribution in [0.2, 0.25) is 0 Å². The number of aryl methyl sites for hydroxylation is 1. The average molecular weight is 506 g/mol. The molecule has 0 N–H and O–H groups in total. The molecule has 0 spiro atoms. The van der Waals surface area contributed by atoms with Gasteiger partial charge in [0.25, 0.3) is 0 Å². The summed E-state index contributed by atoms with van der Waals surface area (Å²) in [6, 6.07) is 14.7. The highest BCUT2D eigenvalue weighted by Gasteiger charge is 2.19. The third kappa shape index (κ3) is 4.19. The van der Waals surface area contributed by atoms with E-state index in [1.165, 1.54) is 16.7 Å². The maximum atomic E-state index is 5.59. The maximum Gasteiger partial charge on any atom is 0.231 e. The molecule has 4 rings (SSSR count). The molecule has 2 heterocycles. The Morgan fingerprint density at radius 1 is 1.07 bits per heavy atom. The number of hydrogen-bond acceptors (Lipinski definition) is 4. The fraction of sp³-hybridized carbons (Fsp3) is 0.318. The molecule has 28 heavy (non-hydrogen) atoms. The van der Waals surface area contributed by atoms with Crippen molar-refractivity contribution < 1.29 is 9.47 Å². The number of pyridine rings is 1. The van der Waals surface area contributed by atoms with E-state index >= 15 is 0 Å². The van der Waals surface area contributed by atoms with Crippen molar-refractivity contribution in [2.75, 3.05) is 20.4 Å². The molecular weight excluding hydrogens is 484 g/mol. The fourth-order valence-electron chi connectivity index (χ4n) is 3.65. The SMILES string of the molecule is CN(CCCc1c(CBr)c(Br)nc2cc3c(cc12)OCO3)Cc1ccccc1. The van der Waals surface area contributed by atoms with Crippen LogP contribution in [0.4, 0.5) is 0 Å². The van der Waals surface area contributed by atoms with Crippen LogP contribution in [0, 0.1) is 0 Å². The third-order valence-electron chi connectivity index (χ3n) is 5.04. The van der Waals surface area contributed by atoms with E-state index in [-0.39, 0.29) is 6.79 Å². The largest absolute Gasteiger partial charge is 0.454 e. The lowest BCUT2D eigenvalue weighted by molar-refractivity contribution is 0.174. The highest BCUT2D eigenvalue weighted by atomic mass is 79.9. The lowest BCUT2D eigenvalue weighted by Gasteiger charge is -2.18. The summed E-state index contributed by atoms with van der Waals surface area (Å²) in [5.74, 6) is 1.58. The van der Waals surface area contributed by atoms with Crippen molar-refractivity contribution in [3.8, 4) is 11.5 Å². The summed E-state index contributed by atoms with van der Waals surface area (Å²) in [4.78, 5) is 7.10. The van der Waals surface area contributed by atoms with Gasteiger partial charge in [-0.25, -0.2) is 4.98 Å². The summed E-state index contributed by atoms with van der Waals surface area (Å²) in [5, 5.41) is 1.91. The second kappa shape index (κ2) is 8.80. The fourth-order valence-corrected chi connectivity index (χ4v) is 5.20.